The summed E-state index contributed by atoms with van der Waals surface area (Å²) in [5.41, 5.74) is 6.73. The molecule has 0 spiro atoms. The SMILES string of the molecule is C[C@@H](C=C[Si](C)(C)C(C)(C)C)C(COC(N)=O)NC(=O)OC(C)(C)C. The highest BCUT2D eigenvalue weighted by molar-refractivity contribution is 6.84. The normalized spacial score (nSPS) is 15.6. The minimum atomic E-state index is -1.59. The van der Waals surface area contributed by atoms with Crippen LogP contribution in [0.3, 0.4) is 0 Å². The third-order valence-corrected chi connectivity index (χ3v) is 9.38. The summed E-state index contributed by atoms with van der Waals surface area (Å²) in [5, 5.41) is 3.00. The van der Waals surface area contributed by atoms with Crippen molar-refractivity contribution in [3.8, 4) is 0 Å². The average Bonchev–Trinajstić information content (AvgIpc) is 2.37. The van der Waals surface area contributed by atoms with Crippen molar-refractivity contribution < 1.29 is 19.1 Å². The fourth-order valence-electron chi connectivity index (χ4n) is 1.73. The number of nitrogens with two attached hydrogens (primary N) is 1. The first-order chi connectivity index (χ1) is 11.0. The molecule has 2 atom stereocenters. The Morgan fingerprint density at radius 3 is 2.08 bits per heavy atom. The number of hydrogen-bond acceptors (Lipinski definition) is 4. The minimum Gasteiger partial charge on any atom is -0.448 e. The molecule has 0 bridgehead atoms. The van der Waals surface area contributed by atoms with Crippen molar-refractivity contribution >= 4 is 20.3 Å². The molecule has 0 aliphatic carbocycles. The molecule has 0 rings (SSSR count). The summed E-state index contributed by atoms with van der Waals surface area (Å²) in [6.07, 6.45) is 0.679. The van der Waals surface area contributed by atoms with Gasteiger partial charge in [0.2, 0.25) is 0 Å². The second-order valence-electron chi connectivity index (χ2n) is 9.07. The van der Waals surface area contributed by atoms with E-state index >= 15 is 0 Å². The lowest BCUT2D eigenvalue weighted by molar-refractivity contribution is 0.0457. The number of alkyl carbamates (subject to hydrolysis) is 1. The van der Waals surface area contributed by atoms with Crippen molar-refractivity contribution in [3.63, 3.8) is 0 Å². The summed E-state index contributed by atoms with van der Waals surface area (Å²) in [6.45, 7) is 18.7. The Hall–Kier alpha value is -1.50. The van der Waals surface area contributed by atoms with Crippen molar-refractivity contribution in [2.75, 3.05) is 6.61 Å². The van der Waals surface area contributed by atoms with Gasteiger partial charge < -0.3 is 20.5 Å². The van der Waals surface area contributed by atoms with Gasteiger partial charge in [0.15, 0.2) is 0 Å². The first kappa shape index (κ1) is 23.5. The zero-order valence-corrected chi connectivity index (χ0v) is 18.2. The standard InChI is InChI=1S/C18H36N2O4Si/c1-13(10-11-25(8,9)18(5,6)7)14(12-23-15(19)21)20-16(22)24-17(2,3)4/h10-11,13-14H,12H2,1-9H3,(H2,19,21)(H,20,22)/t13-,14?/m0/s1. The molecule has 3 N–H and O–H groups in total. The van der Waals surface area contributed by atoms with Crippen molar-refractivity contribution in [1.82, 2.24) is 5.32 Å². The maximum Gasteiger partial charge on any atom is 0.408 e. The molecule has 25 heavy (non-hydrogen) atoms. The average molecular weight is 373 g/mol. The Labute approximate surface area is 153 Å². The van der Waals surface area contributed by atoms with Crippen molar-refractivity contribution in [2.24, 2.45) is 11.7 Å². The summed E-state index contributed by atoms with van der Waals surface area (Å²) in [5.74, 6) is -0.0407. The molecule has 0 radical (unpaired) electrons. The molecule has 0 fully saturated rings. The summed E-state index contributed by atoms with van der Waals surface area (Å²) in [7, 11) is -1.59. The molecule has 2 amide bonds. The Kier molecular flexibility index (Phi) is 8.21. The molecule has 0 aliphatic rings. The number of amides is 2. The van der Waals surface area contributed by atoms with Crippen LogP contribution in [0.5, 0.6) is 0 Å². The van der Waals surface area contributed by atoms with Gasteiger partial charge in [-0.1, -0.05) is 52.6 Å². The van der Waals surface area contributed by atoms with Gasteiger partial charge in [-0.3, -0.25) is 0 Å². The number of ether oxygens (including phenoxy) is 2. The van der Waals surface area contributed by atoms with Crippen LogP contribution in [0.4, 0.5) is 9.59 Å². The second kappa shape index (κ2) is 8.74. The third kappa shape index (κ3) is 9.53. The van der Waals surface area contributed by atoms with Crippen LogP contribution in [0.1, 0.15) is 48.5 Å². The monoisotopic (exact) mass is 372 g/mol. The molecule has 1 unspecified atom stereocenters. The van der Waals surface area contributed by atoms with E-state index in [4.69, 9.17) is 15.2 Å². The van der Waals surface area contributed by atoms with E-state index < -0.39 is 31.9 Å². The lowest BCUT2D eigenvalue weighted by atomic mass is 10.0. The van der Waals surface area contributed by atoms with Crippen molar-refractivity contribution in [2.45, 2.75) is 78.2 Å². The van der Waals surface area contributed by atoms with E-state index in [2.05, 4.69) is 51.0 Å². The van der Waals surface area contributed by atoms with E-state index in [0.29, 0.717) is 0 Å². The van der Waals surface area contributed by atoms with Gasteiger partial charge in [0.1, 0.15) is 12.2 Å². The lowest BCUT2D eigenvalue weighted by Crippen LogP contribution is -2.45. The molecule has 6 nitrogen and oxygen atoms in total. The first-order valence-electron chi connectivity index (χ1n) is 8.66. The van der Waals surface area contributed by atoms with Gasteiger partial charge in [0.05, 0.1) is 14.1 Å². The van der Waals surface area contributed by atoms with Gasteiger partial charge >= 0.3 is 12.2 Å². The highest BCUT2D eigenvalue weighted by Crippen LogP contribution is 2.36. The molecule has 0 saturated carbocycles. The second-order valence-corrected chi connectivity index (χ2v) is 14.3. The van der Waals surface area contributed by atoms with Crippen LogP contribution in [-0.2, 0) is 9.47 Å². The molecule has 0 heterocycles. The summed E-state index contributed by atoms with van der Waals surface area (Å²) in [6, 6.07) is -0.414. The van der Waals surface area contributed by atoms with Gasteiger partial charge in [-0.15, -0.1) is 0 Å². The molecule has 0 aromatic carbocycles. The van der Waals surface area contributed by atoms with Gasteiger partial charge in [-0.05, 0) is 31.7 Å². The maximum atomic E-state index is 12.1. The van der Waals surface area contributed by atoms with Crippen LogP contribution in [0.2, 0.25) is 18.1 Å². The van der Waals surface area contributed by atoms with E-state index in [1.54, 1.807) is 20.8 Å². The maximum absolute atomic E-state index is 12.1. The number of rotatable bonds is 6. The topological polar surface area (TPSA) is 90.6 Å². The third-order valence-electron chi connectivity index (χ3n) is 4.49. The Balaban J connectivity index is 5.13. The van der Waals surface area contributed by atoms with Gasteiger partial charge in [0.25, 0.3) is 0 Å². The van der Waals surface area contributed by atoms with E-state index in [-0.39, 0.29) is 17.6 Å². The largest absolute Gasteiger partial charge is 0.448 e. The molecule has 146 valence electrons. The fourth-order valence-corrected chi connectivity index (χ4v) is 3.02. The quantitative estimate of drug-likeness (QED) is 0.683. The van der Waals surface area contributed by atoms with Crippen LogP contribution in [0.25, 0.3) is 0 Å². The molecular weight excluding hydrogens is 336 g/mol. The molecule has 0 aromatic heterocycles. The van der Waals surface area contributed by atoms with E-state index in [9.17, 15) is 9.59 Å². The Morgan fingerprint density at radius 1 is 1.16 bits per heavy atom. The van der Waals surface area contributed by atoms with Crippen molar-refractivity contribution in [3.05, 3.63) is 11.8 Å². The fraction of sp³-hybridized carbons (Fsp3) is 0.778. The van der Waals surface area contributed by atoms with Crippen LogP contribution < -0.4 is 11.1 Å². The Morgan fingerprint density at radius 2 is 1.68 bits per heavy atom. The van der Waals surface area contributed by atoms with Gasteiger partial charge in [0, 0.05) is 0 Å². The predicted molar refractivity (Wildman–Crippen MR) is 104 cm³/mol. The van der Waals surface area contributed by atoms with Crippen LogP contribution in [0.15, 0.2) is 11.8 Å². The zero-order chi connectivity index (χ0) is 20.1. The highest BCUT2D eigenvalue weighted by atomic mass is 28.3. The highest BCUT2D eigenvalue weighted by Gasteiger charge is 2.33. The van der Waals surface area contributed by atoms with E-state index in [0.717, 1.165) is 0 Å². The summed E-state index contributed by atoms with van der Waals surface area (Å²) < 4.78 is 10.2. The molecule has 0 saturated heterocycles. The Bertz CT molecular complexity index is 490. The summed E-state index contributed by atoms with van der Waals surface area (Å²) >= 11 is 0. The number of nitrogens with one attached hydrogen (secondary N) is 1. The molecule has 0 aliphatic heterocycles. The van der Waals surface area contributed by atoms with Crippen LogP contribution in [-0.4, -0.2) is 38.5 Å². The zero-order valence-electron chi connectivity index (χ0n) is 17.2. The minimum absolute atomic E-state index is 0.00240. The molecule has 0 aromatic rings. The lowest BCUT2D eigenvalue weighted by Gasteiger charge is -2.34. The smallest absolute Gasteiger partial charge is 0.408 e. The number of carbonyl (C=O) groups is 2. The molecular formula is C18H36N2O4Si. The number of hydrogen-bond donors (Lipinski definition) is 2. The predicted octanol–water partition coefficient (Wildman–Crippen LogP) is 4.22. The van der Waals surface area contributed by atoms with Gasteiger partial charge in [-0.25, -0.2) is 9.59 Å². The first-order valence-corrected chi connectivity index (χ1v) is 11.7. The van der Waals surface area contributed by atoms with E-state index in [1.807, 2.05) is 6.92 Å². The van der Waals surface area contributed by atoms with Gasteiger partial charge in [-0.2, -0.15) is 0 Å². The molecule has 7 heteroatoms. The van der Waals surface area contributed by atoms with Crippen LogP contribution >= 0.6 is 0 Å². The van der Waals surface area contributed by atoms with Crippen LogP contribution in [0, 0.1) is 5.92 Å². The number of primary amides is 1. The number of carbonyl (C=O) groups excluding carboxylic acids is 2. The van der Waals surface area contributed by atoms with E-state index in [1.165, 1.54) is 0 Å². The summed E-state index contributed by atoms with van der Waals surface area (Å²) in [4.78, 5) is 23.0. The van der Waals surface area contributed by atoms with Crippen molar-refractivity contribution in [1.29, 1.82) is 0 Å².